The van der Waals surface area contributed by atoms with Gasteiger partial charge in [0, 0.05) is 74.1 Å². The van der Waals surface area contributed by atoms with Crippen LogP contribution in [-0.2, 0) is 29.1 Å². The number of rotatable bonds is 8. The van der Waals surface area contributed by atoms with Crippen LogP contribution in [0.5, 0.6) is 0 Å². The first-order chi connectivity index (χ1) is 32.2. The lowest BCUT2D eigenvalue weighted by atomic mass is 9.99. The Labute approximate surface area is 396 Å². The molecule has 2 fully saturated rings. The minimum Gasteiger partial charge on any atom is -0.378 e. The van der Waals surface area contributed by atoms with Gasteiger partial charge in [-0.1, -0.05) is 34.9 Å². The summed E-state index contributed by atoms with van der Waals surface area (Å²) in [6.45, 7) is 12.0. The van der Waals surface area contributed by atoms with E-state index in [0.29, 0.717) is 97.7 Å². The normalized spacial score (nSPS) is 14.6. The molecule has 356 valence electrons. The zero-order valence-electron chi connectivity index (χ0n) is 38.0. The van der Waals surface area contributed by atoms with Crippen molar-refractivity contribution in [2.45, 2.75) is 37.5 Å². The van der Waals surface area contributed by atoms with Gasteiger partial charge in [0.05, 0.1) is 97.7 Å². The van der Waals surface area contributed by atoms with Crippen LogP contribution in [0.15, 0.2) is 82.7 Å². The van der Waals surface area contributed by atoms with Crippen LogP contribution in [0.25, 0.3) is 44.3 Å². The van der Waals surface area contributed by atoms with Crippen LogP contribution < -0.4 is 15.1 Å². The molecule has 19 heteroatoms. The van der Waals surface area contributed by atoms with Crippen LogP contribution in [0.4, 0.5) is 40.4 Å². The highest BCUT2D eigenvalue weighted by molar-refractivity contribution is 7.91. The summed E-state index contributed by atoms with van der Waals surface area (Å²) in [5, 5.41) is 3.64. The second-order valence-corrected chi connectivity index (χ2v) is 21.2. The van der Waals surface area contributed by atoms with Crippen molar-refractivity contribution in [2.75, 3.05) is 80.2 Å². The monoisotopic (exact) mass is 990 g/mol. The van der Waals surface area contributed by atoms with Gasteiger partial charge in [0.1, 0.15) is 23.3 Å². The quantitative estimate of drug-likeness (QED) is 0.145. The molecule has 0 atom stereocenters. The van der Waals surface area contributed by atoms with E-state index in [1.807, 2.05) is 26.1 Å². The lowest BCUT2D eigenvalue weighted by molar-refractivity contribution is 0.122. The minimum absolute atomic E-state index is 0.0119. The van der Waals surface area contributed by atoms with Crippen LogP contribution in [0.1, 0.15) is 22.3 Å². The Morgan fingerprint density at radius 2 is 1.09 bits per heavy atom. The summed E-state index contributed by atoms with van der Waals surface area (Å²) >= 11 is 6.29. The SMILES string of the molecule is Cc1ccc(S(C)(=O)=O)c(-c2nc3cc(F)cc(F)c3c(Cl)c2C)c1.Cc1ccc(S(C)(=O)=O)c(-c2nc3cc(F)cc(F)c3c(Nc3cc(N4CCOCC4)cnc3N3CCOCC3)c2C)c1. The van der Waals surface area contributed by atoms with E-state index in [4.69, 9.17) is 26.1 Å². The van der Waals surface area contributed by atoms with Crippen LogP contribution in [-0.4, -0.2) is 96.9 Å². The highest BCUT2D eigenvalue weighted by Crippen LogP contribution is 2.42. The number of fused-ring (bicyclic) bond motifs is 2. The summed E-state index contributed by atoms with van der Waals surface area (Å²) in [5.41, 5.74) is 5.86. The first-order valence-corrected chi connectivity index (χ1v) is 25.6. The van der Waals surface area contributed by atoms with E-state index < -0.39 is 42.9 Å². The highest BCUT2D eigenvalue weighted by Gasteiger charge is 2.26. The summed E-state index contributed by atoms with van der Waals surface area (Å²) in [5.74, 6) is -2.49. The Morgan fingerprint density at radius 1 is 0.618 bits per heavy atom. The topological polar surface area (TPSA) is 144 Å². The van der Waals surface area contributed by atoms with Crippen LogP contribution in [0.2, 0.25) is 5.02 Å². The summed E-state index contributed by atoms with van der Waals surface area (Å²) in [6.07, 6.45) is 4.05. The first-order valence-electron chi connectivity index (χ1n) is 21.5. The van der Waals surface area contributed by atoms with Gasteiger partial charge in [-0.15, -0.1) is 0 Å². The lowest BCUT2D eigenvalue weighted by Crippen LogP contribution is -2.38. The number of anilines is 4. The molecule has 0 unspecified atom stereocenters. The van der Waals surface area contributed by atoms with Gasteiger partial charge in [-0.2, -0.15) is 0 Å². The fourth-order valence-corrected chi connectivity index (χ4v) is 10.5. The van der Waals surface area contributed by atoms with E-state index in [-0.39, 0.29) is 42.3 Å². The average molecular weight is 992 g/mol. The molecule has 0 spiro atoms. The van der Waals surface area contributed by atoms with Crippen molar-refractivity contribution < 1.29 is 43.9 Å². The third kappa shape index (κ3) is 9.96. The van der Waals surface area contributed by atoms with Crippen LogP contribution in [0.3, 0.4) is 0 Å². The van der Waals surface area contributed by atoms with Crippen LogP contribution >= 0.6 is 11.6 Å². The Hall–Kier alpha value is -5.92. The third-order valence-corrected chi connectivity index (χ3v) is 14.6. The Morgan fingerprint density at radius 3 is 1.60 bits per heavy atom. The van der Waals surface area contributed by atoms with Crippen molar-refractivity contribution >= 4 is 76.0 Å². The van der Waals surface area contributed by atoms with Gasteiger partial charge in [0.25, 0.3) is 0 Å². The molecule has 2 aliphatic rings. The number of halogens is 5. The van der Waals surface area contributed by atoms with Gasteiger partial charge in [0.2, 0.25) is 0 Å². The summed E-state index contributed by atoms with van der Waals surface area (Å²) in [6, 6.07) is 15.6. The number of nitrogens with zero attached hydrogens (tertiary/aromatic N) is 5. The van der Waals surface area contributed by atoms with Crippen molar-refractivity contribution in [3.63, 3.8) is 0 Å². The van der Waals surface area contributed by atoms with Crippen LogP contribution in [0, 0.1) is 51.0 Å². The van der Waals surface area contributed by atoms with Crippen molar-refractivity contribution in [1.29, 1.82) is 0 Å². The van der Waals surface area contributed by atoms with Crippen molar-refractivity contribution in [3.8, 4) is 22.5 Å². The number of pyridine rings is 3. The van der Waals surface area contributed by atoms with E-state index in [9.17, 15) is 30.0 Å². The summed E-state index contributed by atoms with van der Waals surface area (Å²) in [7, 11) is -7.18. The predicted octanol–water partition coefficient (Wildman–Crippen LogP) is 9.87. The molecular formula is C49H47ClF4N6O6S2. The van der Waals surface area contributed by atoms with Crippen molar-refractivity contribution in [3.05, 3.63) is 123 Å². The number of aryl methyl sites for hydroxylation is 2. The molecule has 9 rings (SSSR count). The number of benzene rings is 4. The molecule has 0 radical (unpaired) electrons. The van der Waals surface area contributed by atoms with E-state index >= 15 is 4.39 Å². The zero-order valence-corrected chi connectivity index (χ0v) is 40.4. The van der Waals surface area contributed by atoms with E-state index in [2.05, 4.69) is 25.1 Å². The smallest absolute Gasteiger partial charge is 0.176 e. The predicted molar refractivity (Wildman–Crippen MR) is 258 cm³/mol. The summed E-state index contributed by atoms with van der Waals surface area (Å²) < 4.78 is 119. The number of nitrogens with one attached hydrogen (secondary N) is 1. The molecule has 7 aromatic rings. The lowest BCUT2D eigenvalue weighted by Gasteiger charge is -2.32. The van der Waals surface area contributed by atoms with Gasteiger partial charge in [-0.05, 0) is 69.2 Å². The molecule has 1 N–H and O–H groups in total. The number of ether oxygens (including phenoxy) is 2. The maximum atomic E-state index is 15.6. The molecule has 2 saturated heterocycles. The Bertz CT molecular complexity index is 3370. The maximum Gasteiger partial charge on any atom is 0.176 e. The third-order valence-electron chi connectivity index (χ3n) is 11.8. The number of aromatic nitrogens is 3. The largest absolute Gasteiger partial charge is 0.378 e. The van der Waals surface area contributed by atoms with E-state index in [0.717, 1.165) is 53.6 Å². The molecule has 5 heterocycles. The molecule has 3 aromatic heterocycles. The number of morpholine rings is 2. The average Bonchev–Trinajstić information content (AvgIpc) is 3.28. The fraction of sp³-hybridized carbons (Fsp3) is 0.286. The van der Waals surface area contributed by atoms with Crippen molar-refractivity contribution in [2.24, 2.45) is 0 Å². The standard InChI is InChI=1S/C31H33F2N5O4S.C18H14ClF2NO2S/c1-19-4-5-27(43(3,39)40)23(14-19)29-20(2)30(28-24(33)15-21(32)16-25(28)35-29)36-26-17-22(37-6-10-41-11-7-37)18-34-31(26)38-8-12-42-13-9-38;1-9-4-5-15(25(3,23)24)12(6-9)18-10(2)17(19)16-13(21)7-11(20)8-14(16)22-18/h4-5,14-18H,6-13H2,1-3H3,(H,35,36);4-8H,1-3H3. The number of hydrogen-bond donors (Lipinski definition) is 1. The van der Waals surface area contributed by atoms with Gasteiger partial charge in [-0.3, -0.25) is 0 Å². The minimum atomic E-state index is -3.65. The molecular weight excluding hydrogens is 944 g/mol. The molecule has 12 nitrogen and oxygen atoms in total. The molecule has 68 heavy (non-hydrogen) atoms. The van der Waals surface area contributed by atoms with Gasteiger partial charge < -0.3 is 24.6 Å². The molecule has 0 bridgehead atoms. The zero-order chi connectivity index (χ0) is 48.8. The highest BCUT2D eigenvalue weighted by atomic mass is 35.5. The van der Waals surface area contributed by atoms with Gasteiger partial charge in [-0.25, -0.2) is 49.3 Å². The second kappa shape index (κ2) is 19.2. The Balaban J connectivity index is 0.000000212. The second-order valence-electron chi connectivity index (χ2n) is 16.9. The van der Waals surface area contributed by atoms with Gasteiger partial charge in [0.15, 0.2) is 25.5 Å². The molecule has 0 saturated carbocycles. The first kappa shape index (κ1) is 48.5. The van der Waals surface area contributed by atoms with Crippen molar-refractivity contribution in [1.82, 2.24) is 15.0 Å². The van der Waals surface area contributed by atoms with Gasteiger partial charge >= 0.3 is 0 Å². The fourth-order valence-electron chi connectivity index (χ4n) is 8.45. The molecule has 4 aromatic carbocycles. The number of hydrogen-bond acceptors (Lipinski definition) is 12. The van der Waals surface area contributed by atoms with E-state index in [1.54, 1.807) is 38.1 Å². The maximum absolute atomic E-state index is 15.6. The summed E-state index contributed by atoms with van der Waals surface area (Å²) in [4.78, 5) is 18.2. The molecule has 0 aliphatic carbocycles. The van der Waals surface area contributed by atoms with E-state index in [1.165, 1.54) is 12.1 Å². The number of sulfone groups is 2. The molecule has 0 amide bonds. The molecule has 2 aliphatic heterocycles. The Kier molecular flexibility index (Phi) is 13.7.